The first-order chi connectivity index (χ1) is 9.88. The standard InChI is InChI=1S/C17H34N2O/c1-2-3-4-5-6-7-8-9-10-11-12-17-18-13-14-19(17)15-16-20/h13-14,17-18,20H,2-12,15-16H2,1H3. The summed E-state index contributed by atoms with van der Waals surface area (Å²) in [5, 5.41) is 12.3. The molecule has 0 amide bonds. The highest BCUT2D eigenvalue weighted by molar-refractivity contribution is 4.93. The molecule has 118 valence electrons. The van der Waals surface area contributed by atoms with Crippen LogP contribution in [0.15, 0.2) is 12.4 Å². The Morgan fingerprint density at radius 3 is 2.15 bits per heavy atom. The maximum absolute atomic E-state index is 8.99. The van der Waals surface area contributed by atoms with Crippen LogP contribution in [0, 0.1) is 0 Å². The molecule has 1 atom stereocenters. The van der Waals surface area contributed by atoms with Crippen molar-refractivity contribution in [1.82, 2.24) is 10.2 Å². The predicted octanol–water partition coefficient (Wildman–Crippen LogP) is 3.99. The van der Waals surface area contributed by atoms with Crippen molar-refractivity contribution in [3.05, 3.63) is 12.4 Å². The fraction of sp³-hybridized carbons (Fsp3) is 0.882. The third-order valence-corrected chi connectivity index (χ3v) is 4.14. The second-order valence-corrected chi connectivity index (χ2v) is 5.93. The molecule has 0 fully saturated rings. The van der Waals surface area contributed by atoms with E-state index in [4.69, 9.17) is 5.11 Å². The van der Waals surface area contributed by atoms with Gasteiger partial charge in [-0.25, -0.2) is 0 Å². The minimum atomic E-state index is 0.237. The average molecular weight is 282 g/mol. The molecule has 1 aliphatic rings. The lowest BCUT2D eigenvalue weighted by molar-refractivity contribution is 0.194. The second-order valence-electron chi connectivity index (χ2n) is 5.93. The van der Waals surface area contributed by atoms with Gasteiger partial charge >= 0.3 is 0 Å². The first-order valence-corrected chi connectivity index (χ1v) is 8.67. The smallest absolute Gasteiger partial charge is 0.0982 e. The number of nitrogens with one attached hydrogen (secondary N) is 1. The number of rotatable bonds is 13. The number of nitrogens with zero attached hydrogens (tertiary/aromatic N) is 1. The van der Waals surface area contributed by atoms with Crippen molar-refractivity contribution >= 4 is 0 Å². The van der Waals surface area contributed by atoms with Gasteiger partial charge in [0.15, 0.2) is 0 Å². The number of aliphatic hydroxyl groups excluding tert-OH is 1. The maximum atomic E-state index is 8.99. The van der Waals surface area contributed by atoms with E-state index in [1.165, 1.54) is 70.6 Å². The van der Waals surface area contributed by atoms with Crippen LogP contribution in [0.3, 0.4) is 0 Å². The molecule has 0 saturated carbocycles. The van der Waals surface area contributed by atoms with Gasteiger partial charge in [-0.3, -0.25) is 0 Å². The van der Waals surface area contributed by atoms with Crippen LogP contribution >= 0.6 is 0 Å². The van der Waals surface area contributed by atoms with E-state index in [-0.39, 0.29) is 6.61 Å². The zero-order valence-electron chi connectivity index (χ0n) is 13.3. The summed E-state index contributed by atoms with van der Waals surface area (Å²) in [7, 11) is 0. The number of hydrogen-bond acceptors (Lipinski definition) is 3. The first kappa shape index (κ1) is 17.4. The monoisotopic (exact) mass is 282 g/mol. The molecule has 3 heteroatoms. The minimum Gasteiger partial charge on any atom is -0.395 e. The highest BCUT2D eigenvalue weighted by atomic mass is 16.3. The summed E-state index contributed by atoms with van der Waals surface area (Å²) in [5.74, 6) is 0. The summed E-state index contributed by atoms with van der Waals surface area (Å²) in [5.41, 5.74) is 0. The van der Waals surface area contributed by atoms with E-state index in [9.17, 15) is 0 Å². The molecule has 0 radical (unpaired) electrons. The zero-order chi connectivity index (χ0) is 14.5. The van der Waals surface area contributed by atoms with E-state index < -0.39 is 0 Å². The van der Waals surface area contributed by atoms with E-state index in [0.717, 1.165) is 6.54 Å². The van der Waals surface area contributed by atoms with Crippen LogP contribution in [-0.4, -0.2) is 29.3 Å². The molecule has 3 nitrogen and oxygen atoms in total. The molecule has 0 aliphatic carbocycles. The van der Waals surface area contributed by atoms with E-state index in [1.807, 2.05) is 6.20 Å². The molecule has 0 bridgehead atoms. The van der Waals surface area contributed by atoms with Crippen molar-refractivity contribution in [2.75, 3.05) is 13.2 Å². The molecule has 0 aromatic heterocycles. The highest BCUT2D eigenvalue weighted by Gasteiger charge is 2.16. The molecule has 0 spiro atoms. The van der Waals surface area contributed by atoms with Gasteiger partial charge in [0.25, 0.3) is 0 Å². The van der Waals surface area contributed by atoms with Gasteiger partial charge in [0.1, 0.15) is 0 Å². The minimum absolute atomic E-state index is 0.237. The van der Waals surface area contributed by atoms with E-state index in [1.54, 1.807) is 0 Å². The van der Waals surface area contributed by atoms with Gasteiger partial charge in [-0.15, -0.1) is 0 Å². The summed E-state index contributed by atoms with van der Waals surface area (Å²) in [4.78, 5) is 2.20. The lowest BCUT2D eigenvalue weighted by Gasteiger charge is -2.24. The molecule has 0 aromatic rings. The molecular weight excluding hydrogens is 248 g/mol. The molecule has 1 rings (SSSR count). The molecule has 2 N–H and O–H groups in total. The largest absolute Gasteiger partial charge is 0.395 e. The topological polar surface area (TPSA) is 35.5 Å². The molecule has 20 heavy (non-hydrogen) atoms. The van der Waals surface area contributed by atoms with Gasteiger partial charge in [0.2, 0.25) is 0 Å². The SMILES string of the molecule is CCCCCCCCCCCCC1NC=CN1CCO. The molecule has 1 unspecified atom stereocenters. The van der Waals surface area contributed by atoms with Crippen LogP contribution in [0.4, 0.5) is 0 Å². The molecule has 0 saturated heterocycles. The van der Waals surface area contributed by atoms with Crippen LogP contribution in [0.1, 0.15) is 77.6 Å². The van der Waals surface area contributed by atoms with Gasteiger partial charge in [0.05, 0.1) is 12.8 Å². The number of unbranched alkanes of at least 4 members (excludes halogenated alkanes) is 9. The van der Waals surface area contributed by atoms with Gasteiger partial charge < -0.3 is 15.3 Å². The van der Waals surface area contributed by atoms with Gasteiger partial charge in [-0.1, -0.05) is 64.7 Å². The molecule has 0 aromatic carbocycles. The summed E-state index contributed by atoms with van der Waals surface area (Å²) in [6, 6.07) is 0. The van der Waals surface area contributed by atoms with Crippen molar-refractivity contribution in [2.24, 2.45) is 0 Å². The summed E-state index contributed by atoms with van der Waals surface area (Å²) in [6.45, 7) is 3.25. The number of aliphatic hydroxyl groups is 1. The van der Waals surface area contributed by atoms with Gasteiger partial charge in [0, 0.05) is 18.9 Å². The Hall–Kier alpha value is -0.700. The third kappa shape index (κ3) is 7.78. The number of hydrogen-bond donors (Lipinski definition) is 2. The van der Waals surface area contributed by atoms with Crippen LogP contribution < -0.4 is 5.32 Å². The van der Waals surface area contributed by atoms with Crippen molar-refractivity contribution < 1.29 is 5.11 Å². The van der Waals surface area contributed by atoms with E-state index in [2.05, 4.69) is 23.3 Å². The lowest BCUT2D eigenvalue weighted by atomic mass is 10.1. The number of β-amino-alcohol motifs (C(OH)–C–C–N with tert-alkyl or cyclic N) is 1. The van der Waals surface area contributed by atoms with Crippen LogP contribution in [0.2, 0.25) is 0 Å². The first-order valence-electron chi connectivity index (χ1n) is 8.67. The van der Waals surface area contributed by atoms with Gasteiger partial charge in [-0.2, -0.15) is 0 Å². The van der Waals surface area contributed by atoms with Crippen molar-refractivity contribution in [2.45, 2.75) is 83.7 Å². The summed E-state index contributed by atoms with van der Waals surface area (Å²) < 4.78 is 0. The Kier molecular flexibility index (Phi) is 10.5. The maximum Gasteiger partial charge on any atom is 0.0982 e. The lowest BCUT2D eigenvalue weighted by Crippen LogP contribution is -2.36. The van der Waals surface area contributed by atoms with Crippen molar-refractivity contribution in [3.8, 4) is 0 Å². The highest BCUT2D eigenvalue weighted by Crippen LogP contribution is 2.15. The van der Waals surface area contributed by atoms with Gasteiger partial charge in [-0.05, 0) is 12.8 Å². The Balaban J connectivity index is 1.85. The summed E-state index contributed by atoms with van der Waals surface area (Å²) >= 11 is 0. The fourth-order valence-electron chi connectivity index (χ4n) is 2.87. The Labute approximate surface area is 125 Å². The normalized spacial score (nSPS) is 17.7. The Morgan fingerprint density at radius 1 is 0.950 bits per heavy atom. The third-order valence-electron chi connectivity index (χ3n) is 4.14. The Bertz CT molecular complexity index is 243. The molecule has 1 heterocycles. The quantitative estimate of drug-likeness (QED) is 0.501. The Morgan fingerprint density at radius 2 is 1.55 bits per heavy atom. The zero-order valence-corrected chi connectivity index (χ0v) is 13.3. The molecule has 1 aliphatic heterocycles. The van der Waals surface area contributed by atoms with E-state index >= 15 is 0 Å². The van der Waals surface area contributed by atoms with Crippen molar-refractivity contribution in [1.29, 1.82) is 0 Å². The fourth-order valence-corrected chi connectivity index (χ4v) is 2.87. The van der Waals surface area contributed by atoms with Crippen molar-refractivity contribution in [3.63, 3.8) is 0 Å². The molecular formula is C17H34N2O. The average Bonchev–Trinajstić information content (AvgIpc) is 2.89. The second kappa shape index (κ2) is 12.1. The van der Waals surface area contributed by atoms with Crippen LogP contribution in [-0.2, 0) is 0 Å². The predicted molar refractivity (Wildman–Crippen MR) is 86.3 cm³/mol. The van der Waals surface area contributed by atoms with Crippen LogP contribution in [0.5, 0.6) is 0 Å². The summed E-state index contributed by atoms with van der Waals surface area (Å²) in [6.07, 6.45) is 19.5. The van der Waals surface area contributed by atoms with E-state index in [0.29, 0.717) is 6.17 Å². The van der Waals surface area contributed by atoms with Crippen LogP contribution in [0.25, 0.3) is 0 Å².